The molecule has 3 aromatic rings. The molecule has 1 unspecified atom stereocenters. The number of hydrogen-bond acceptors (Lipinski definition) is 4. The van der Waals surface area contributed by atoms with E-state index in [4.69, 9.17) is 0 Å². The largest absolute Gasteiger partial charge is 0.336 e. The Morgan fingerprint density at radius 2 is 1.74 bits per heavy atom. The number of amides is 2. The maximum Gasteiger partial charge on any atom is 0.333 e. The van der Waals surface area contributed by atoms with Crippen molar-refractivity contribution in [2.24, 2.45) is 5.92 Å². The van der Waals surface area contributed by atoms with Crippen LogP contribution < -0.4 is 21.6 Å². The van der Waals surface area contributed by atoms with Crippen molar-refractivity contribution >= 4 is 11.8 Å². The Labute approximate surface area is 224 Å². The average molecular weight is 518 g/mol. The Bertz CT molecular complexity index is 1300. The number of carbonyl (C=O) groups is 2. The number of carbonyl (C=O) groups excluding carboxylic acids is 2. The Morgan fingerprint density at radius 3 is 2.47 bits per heavy atom. The molecule has 202 valence electrons. The number of nitrogens with one attached hydrogen (secondary N) is 3. The normalized spacial score (nSPS) is 16.1. The van der Waals surface area contributed by atoms with Crippen molar-refractivity contribution in [3.05, 3.63) is 76.3 Å². The molecule has 0 aliphatic carbocycles. The molecule has 2 aromatic carbocycles. The molecule has 1 aliphatic rings. The quantitative estimate of drug-likeness (QED) is 0.389. The maximum atomic E-state index is 14.3. The van der Waals surface area contributed by atoms with Crippen molar-refractivity contribution < 1.29 is 9.59 Å². The van der Waals surface area contributed by atoms with Gasteiger partial charge in [0.1, 0.15) is 5.69 Å². The number of Topliss-reactive ketones (excluding diaryl/α,β-unsaturated/α-hetero) is 1. The number of benzene rings is 2. The van der Waals surface area contributed by atoms with Crippen molar-refractivity contribution in [1.82, 2.24) is 25.1 Å². The lowest BCUT2D eigenvalue weighted by Crippen LogP contribution is -2.41. The predicted molar refractivity (Wildman–Crippen MR) is 151 cm³/mol. The monoisotopic (exact) mass is 517 g/mol. The van der Waals surface area contributed by atoms with Gasteiger partial charge >= 0.3 is 11.7 Å². The van der Waals surface area contributed by atoms with Crippen molar-refractivity contribution in [2.45, 2.75) is 59.0 Å². The molecular formula is C30H39N5O3. The van der Waals surface area contributed by atoms with E-state index in [0.29, 0.717) is 11.4 Å². The summed E-state index contributed by atoms with van der Waals surface area (Å²) in [5, 5.41) is 9.05. The van der Waals surface area contributed by atoms with Crippen LogP contribution in [0, 0.1) is 12.8 Å². The Kier molecular flexibility index (Phi) is 9.18. The van der Waals surface area contributed by atoms with Gasteiger partial charge in [-0.2, -0.15) is 0 Å². The minimum absolute atomic E-state index is 0.00499. The van der Waals surface area contributed by atoms with E-state index in [0.717, 1.165) is 55.6 Å². The number of hydrogen-bond donors (Lipinski definition) is 3. The molecule has 2 amide bonds. The lowest BCUT2D eigenvalue weighted by Gasteiger charge is -2.21. The van der Waals surface area contributed by atoms with Crippen LogP contribution in [0.15, 0.2) is 59.4 Å². The molecule has 38 heavy (non-hydrogen) atoms. The van der Waals surface area contributed by atoms with E-state index in [9.17, 15) is 14.4 Å². The number of imidazole rings is 1. The summed E-state index contributed by atoms with van der Waals surface area (Å²) in [4.78, 5) is 40.7. The van der Waals surface area contributed by atoms with Crippen LogP contribution in [-0.2, 0) is 6.54 Å². The molecule has 1 fully saturated rings. The van der Waals surface area contributed by atoms with Gasteiger partial charge in [-0.25, -0.2) is 9.59 Å². The van der Waals surface area contributed by atoms with Crippen LogP contribution in [0.1, 0.15) is 55.6 Å². The SMILES string of the molecule is Cc1ccccc1-n1c(-c2ccccc2)c(C(=O)C2CCCCNCC2)n(CCNC(=O)NC(C)C)c1=O. The van der Waals surface area contributed by atoms with Gasteiger partial charge in [0.15, 0.2) is 5.78 Å². The fraction of sp³-hybridized carbons (Fsp3) is 0.433. The molecule has 2 heterocycles. The third kappa shape index (κ3) is 6.25. The van der Waals surface area contributed by atoms with Crippen LogP contribution in [0.4, 0.5) is 4.79 Å². The highest BCUT2D eigenvalue weighted by Crippen LogP contribution is 2.31. The molecule has 1 saturated heterocycles. The van der Waals surface area contributed by atoms with Gasteiger partial charge < -0.3 is 16.0 Å². The third-order valence-electron chi connectivity index (χ3n) is 7.01. The fourth-order valence-corrected chi connectivity index (χ4v) is 5.14. The van der Waals surface area contributed by atoms with Crippen LogP contribution >= 0.6 is 0 Å². The van der Waals surface area contributed by atoms with Gasteiger partial charge in [0, 0.05) is 30.6 Å². The van der Waals surface area contributed by atoms with Crippen LogP contribution in [0.25, 0.3) is 16.9 Å². The van der Waals surface area contributed by atoms with E-state index in [-0.39, 0.29) is 42.6 Å². The summed E-state index contributed by atoms with van der Waals surface area (Å²) >= 11 is 0. The third-order valence-corrected chi connectivity index (χ3v) is 7.01. The van der Waals surface area contributed by atoms with Crippen molar-refractivity contribution in [3.8, 4) is 16.9 Å². The lowest BCUT2D eigenvalue weighted by molar-refractivity contribution is 0.0891. The molecule has 0 spiro atoms. The van der Waals surface area contributed by atoms with Crippen molar-refractivity contribution in [1.29, 1.82) is 0 Å². The summed E-state index contributed by atoms with van der Waals surface area (Å²) in [6.07, 6.45) is 3.52. The number of ketones is 1. The summed E-state index contributed by atoms with van der Waals surface area (Å²) in [5.74, 6) is -0.190. The molecule has 1 aromatic heterocycles. The molecule has 0 bridgehead atoms. The first-order chi connectivity index (χ1) is 18.4. The number of urea groups is 1. The van der Waals surface area contributed by atoms with Crippen molar-refractivity contribution in [2.75, 3.05) is 19.6 Å². The second kappa shape index (κ2) is 12.7. The number of para-hydroxylation sites is 1. The first-order valence-electron chi connectivity index (χ1n) is 13.6. The molecule has 8 nitrogen and oxygen atoms in total. The van der Waals surface area contributed by atoms with E-state index in [1.807, 2.05) is 75.4 Å². The second-order valence-corrected chi connectivity index (χ2v) is 10.3. The summed E-state index contributed by atoms with van der Waals surface area (Å²) < 4.78 is 3.24. The lowest BCUT2D eigenvalue weighted by atomic mass is 9.89. The molecular weight excluding hydrogens is 478 g/mol. The highest BCUT2D eigenvalue weighted by molar-refractivity contribution is 6.02. The molecule has 3 N–H and O–H groups in total. The minimum Gasteiger partial charge on any atom is -0.336 e. The summed E-state index contributed by atoms with van der Waals surface area (Å²) in [6, 6.07) is 17.1. The zero-order valence-corrected chi connectivity index (χ0v) is 22.6. The van der Waals surface area contributed by atoms with E-state index in [2.05, 4.69) is 16.0 Å². The highest BCUT2D eigenvalue weighted by Gasteiger charge is 2.31. The zero-order chi connectivity index (χ0) is 27.1. The Hall–Kier alpha value is -3.65. The van der Waals surface area contributed by atoms with Crippen LogP contribution in [0.3, 0.4) is 0 Å². The van der Waals surface area contributed by atoms with E-state index >= 15 is 0 Å². The molecule has 0 saturated carbocycles. The molecule has 0 radical (unpaired) electrons. The van der Waals surface area contributed by atoms with Gasteiger partial charge in [0.25, 0.3) is 0 Å². The Morgan fingerprint density at radius 1 is 1.00 bits per heavy atom. The smallest absolute Gasteiger partial charge is 0.333 e. The highest BCUT2D eigenvalue weighted by atomic mass is 16.2. The second-order valence-electron chi connectivity index (χ2n) is 10.3. The number of aryl methyl sites for hydroxylation is 1. The van der Waals surface area contributed by atoms with Gasteiger partial charge in [-0.05, 0) is 64.8 Å². The van der Waals surface area contributed by atoms with Crippen LogP contribution in [0.2, 0.25) is 0 Å². The van der Waals surface area contributed by atoms with Gasteiger partial charge in [0.2, 0.25) is 0 Å². The standard InChI is InChI=1S/C30H39N5O3/c1-21(2)33-29(37)32-19-20-34-27(28(36)24-14-9-10-17-31-18-16-24)26(23-12-5-4-6-13-23)35(30(34)38)25-15-8-7-11-22(25)3/h4-8,11-13,15,21,24,31H,9-10,14,16-20H2,1-3H3,(H2,32,33,37). The average Bonchev–Trinajstić information content (AvgIpc) is 3.16. The predicted octanol–water partition coefficient (Wildman–Crippen LogP) is 4.28. The number of nitrogens with zero attached hydrogens (tertiary/aromatic N) is 2. The van der Waals surface area contributed by atoms with Crippen LogP contribution in [-0.4, -0.2) is 46.6 Å². The molecule has 1 atom stereocenters. The fourth-order valence-electron chi connectivity index (χ4n) is 5.14. The minimum atomic E-state index is -0.298. The van der Waals surface area contributed by atoms with E-state index < -0.39 is 0 Å². The van der Waals surface area contributed by atoms with Gasteiger partial charge in [-0.15, -0.1) is 0 Å². The molecule has 8 heteroatoms. The Balaban J connectivity index is 1.86. The van der Waals surface area contributed by atoms with Crippen molar-refractivity contribution in [3.63, 3.8) is 0 Å². The van der Waals surface area contributed by atoms with Gasteiger partial charge in [-0.3, -0.25) is 13.9 Å². The first-order valence-corrected chi connectivity index (χ1v) is 13.6. The number of aromatic nitrogens is 2. The summed E-state index contributed by atoms with van der Waals surface area (Å²) in [5.41, 5.74) is 3.24. The number of rotatable bonds is 8. The molecule has 1 aliphatic heterocycles. The van der Waals surface area contributed by atoms with E-state index in [1.54, 1.807) is 9.13 Å². The summed E-state index contributed by atoms with van der Waals surface area (Å²) in [6.45, 7) is 7.89. The van der Waals surface area contributed by atoms with Crippen LogP contribution in [0.5, 0.6) is 0 Å². The van der Waals surface area contributed by atoms with E-state index in [1.165, 1.54) is 0 Å². The zero-order valence-electron chi connectivity index (χ0n) is 22.6. The molecule has 4 rings (SSSR count). The first kappa shape index (κ1) is 27.4. The van der Waals surface area contributed by atoms with Gasteiger partial charge in [-0.1, -0.05) is 55.0 Å². The maximum absolute atomic E-state index is 14.3. The van der Waals surface area contributed by atoms with Gasteiger partial charge in [0.05, 0.1) is 11.4 Å². The topological polar surface area (TPSA) is 97.2 Å². The summed E-state index contributed by atoms with van der Waals surface area (Å²) in [7, 11) is 0.